The molecule has 88 valence electrons. The van der Waals surface area contributed by atoms with Crippen LogP contribution in [0.25, 0.3) is 11.0 Å². The summed E-state index contributed by atoms with van der Waals surface area (Å²) in [6.07, 6.45) is 1.34. The van der Waals surface area contributed by atoms with E-state index in [9.17, 15) is 4.79 Å². The molecule has 0 aromatic carbocycles. The van der Waals surface area contributed by atoms with Crippen molar-refractivity contribution in [3.63, 3.8) is 0 Å². The molecule has 2 rings (SSSR count). The molecule has 17 heavy (non-hydrogen) atoms. The molecule has 0 saturated heterocycles. The van der Waals surface area contributed by atoms with Gasteiger partial charge in [-0.1, -0.05) is 6.92 Å². The minimum absolute atomic E-state index is 0.00740. The molecule has 4 heteroatoms. The Kier molecular flexibility index (Phi) is 3.32. The van der Waals surface area contributed by atoms with Crippen molar-refractivity contribution >= 4 is 22.8 Å². The first kappa shape index (κ1) is 11.5. The lowest BCUT2D eigenvalue weighted by molar-refractivity contribution is -0.116. The molecule has 0 aliphatic heterocycles. The van der Waals surface area contributed by atoms with E-state index in [1.165, 1.54) is 0 Å². The van der Waals surface area contributed by atoms with Gasteiger partial charge >= 0.3 is 0 Å². The fourth-order valence-corrected chi connectivity index (χ4v) is 1.60. The number of nitrogens with one attached hydrogen (secondary N) is 1. The molecule has 1 amide bonds. The van der Waals surface area contributed by atoms with E-state index >= 15 is 0 Å². The van der Waals surface area contributed by atoms with E-state index in [0.29, 0.717) is 17.9 Å². The lowest BCUT2D eigenvalue weighted by atomic mass is 10.2. The average Bonchev–Trinajstić information content (AvgIpc) is 2.28. The largest absolute Gasteiger partial charge is 0.311 e. The Bertz CT molecular complexity index is 551. The number of anilines is 1. The van der Waals surface area contributed by atoms with Crippen molar-refractivity contribution in [2.75, 3.05) is 5.32 Å². The topological polar surface area (TPSA) is 54.9 Å². The Labute approximate surface area is 100 Å². The number of carbonyl (C=O) groups is 1. The predicted molar refractivity (Wildman–Crippen MR) is 67.8 cm³/mol. The maximum absolute atomic E-state index is 11.4. The number of aromatic nitrogens is 2. The summed E-state index contributed by atoms with van der Waals surface area (Å²) < 4.78 is 0. The number of fused-ring (bicyclic) bond motifs is 1. The van der Waals surface area contributed by atoms with E-state index in [4.69, 9.17) is 0 Å². The van der Waals surface area contributed by atoms with Crippen LogP contribution in [0.1, 0.15) is 25.5 Å². The molecule has 0 radical (unpaired) electrons. The van der Waals surface area contributed by atoms with Gasteiger partial charge in [0.15, 0.2) is 5.65 Å². The van der Waals surface area contributed by atoms with E-state index in [0.717, 1.165) is 17.5 Å². The maximum atomic E-state index is 11.4. The molecule has 1 N–H and O–H groups in total. The van der Waals surface area contributed by atoms with Gasteiger partial charge in [-0.2, -0.15) is 0 Å². The molecule has 2 heterocycles. The molecule has 0 spiro atoms. The Morgan fingerprint density at radius 3 is 2.76 bits per heavy atom. The highest BCUT2D eigenvalue weighted by molar-refractivity contribution is 5.90. The molecule has 0 unspecified atom stereocenters. The van der Waals surface area contributed by atoms with Gasteiger partial charge in [-0.05, 0) is 37.6 Å². The first-order valence-electron chi connectivity index (χ1n) is 5.73. The van der Waals surface area contributed by atoms with E-state index in [1.807, 2.05) is 32.0 Å². The first-order valence-corrected chi connectivity index (χ1v) is 5.73. The van der Waals surface area contributed by atoms with Gasteiger partial charge in [0.05, 0.1) is 0 Å². The minimum atomic E-state index is -0.00740. The summed E-state index contributed by atoms with van der Waals surface area (Å²) in [7, 11) is 0. The number of aryl methyl sites for hydroxylation is 1. The number of amides is 1. The molecule has 4 nitrogen and oxygen atoms in total. The molecular formula is C13H15N3O. The number of rotatable bonds is 3. The van der Waals surface area contributed by atoms with E-state index in [2.05, 4.69) is 15.3 Å². The van der Waals surface area contributed by atoms with Crippen LogP contribution in [0, 0.1) is 6.92 Å². The van der Waals surface area contributed by atoms with Crippen LogP contribution >= 0.6 is 0 Å². The van der Waals surface area contributed by atoms with Gasteiger partial charge in [0.25, 0.3) is 0 Å². The van der Waals surface area contributed by atoms with Gasteiger partial charge in [0.2, 0.25) is 5.91 Å². The summed E-state index contributed by atoms with van der Waals surface area (Å²) in [4.78, 5) is 20.1. The molecule has 0 bridgehead atoms. The zero-order valence-corrected chi connectivity index (χ0v) is 10.0. The van der Waals surface area contributed by atoms with Crippen molar-refractivity contribution in [1.29, 1.82) is 0 Å². The summed E-state index contributed by atoms with van der Waals surface area (Å²) in [5.41, 5.74) is 1.58. The number of pyridine rings is 2. The molecule has 2 aromatic heterocycles. The predicted octanol–water partition coefficient (Wildman–Crippen LogP) is 2.68. The van der Waals surface area contributed by atoms with Crippen LogP contribution in [0.2, 0.25) is 0 Å². The normalized spacial score (nSPS) is 10.5. The standard InChI is InChI=1S/C13H15N3O/c1-3-4-12(17)15-11-8-7-10-6-5-9(2)14-13(10)16-11/h5-8H,3-4H2,1-2H3,(H,14,15,16,17). The number of carbonyl (C=O) groups excluding carboxylic acids is 1. The van der Waals surface area contributed by atoms with E-state index < -0.39 is 0 Å². The highest BCUT2D eigenvalue weighted by Gasteiger charge is 2.03. The lowest BCUT2D eigenvalue weighted by Gasteiger charge is -2.04. The number of hydrogen-bond donors (Lipinski definition) is 1. The van der Waals surface area contributed by atoms with E-state index in [-0.39, 0.29) is 5.91 Å². The Morgan fingerprint density at radius 2 is 2.00 bits per heavy atom. The fraction of sp³-hybridized carbons (Fsp3) is 0.308. The molecule has 0 aliphatic carbocycles. The highest BCUT2D eigenvalue weighted by Crippen LogP contribution is 2.14. The SMILES string of the molecule is CCCC(=O)Nc1ccc2ccc(C)nc2n1. The number of nitrogens with zero attached hydrogens (tertiary/aromatic N) is 2. The van der Waals surface area contributed by atoms with Gasteiger partial charge in [-0.3, -0.25) is 4.79 Å². The Morgan fingerprint density at radius 1 is 1.24 bits per heavy atom. The molecular weight excluding hydrogens is 214 g/mol. The zero-order chi connectivity index (χ0) is 12.3. The van der Waals surface area contributed by atoms with Crippen molar-refractivity contribution < 1.29 is 4.79 Å². The van der Waals surface area contributed by atoms with Crippen LogP contribution in [-0.2, 0) is 4.79 Å². The van der Waals surface area contributed by atoms with Crippen LogP contribution in [0.3, 0.4) is 0 Å². The summed E-state index contributed by atoms with van der Waals surface area (Å²) in [5.74, 6) is 0.557. The molecule has 2 aromatic rings. The van der Waals surface area contributed by atoms with Gasteiger partial charge in [0, 0.05) is 17.5 Å². The van der Waals surface area contributed by atoms with Crippen LogP contribution in [0.5, 0.6) is 0 Å². The van der Waals surface area contributed by atoms with Crippen LogP contribution in [0.15, 0.2) is 24.3 Å². The molecule has 0 saturated carbocycles. The second kappa shape index (κ2) is 4.91. The minimum Gasteiger partial charge on any atom is -0.311 e. The summed E-state index contributed by atoms with van der Waals surface area (Å²) in [6, 6.07) is 7.63. The summed E-state index contributed by atoms with van der Waals surface area (Å²) >= 11 is 0. The smallest absolute Gasteiger partial charge is 0.225 e. The lowest BCUT2D eigenvalue weighted by Crippen LogP contribution is -2.11. The van der Waals surface area contributed by atoms with Crippen LogP contribution in [-0.4, -0.2) is 15.9 Å². The summed E-state index contributed by atoms with van der Waals surface area (Å²) in [6.45, 7) is 3.89. The maximum Gasteiger partial charge on any atom is 0.225 e. The third-order valence-electron chi connectivity index (χ3n) is 2.44. The molecule has 0 fully saturated rings. The second-order valence-corrected chi connectivity index (χ2v) is 3.99. The zero-order valence-electron chi connectivity index (χ0n) is 10.0. The van der Waals surface area contributed by atoms with Crippen LogP contribution in [0.4, 0.5) is 5.82 Å². The Hall–Kier alpha value is -1.97. The first-order chi connectivity index (χ1) is 8.19. The van der Waals surface area contributed by atoms with Gasteiger partial charge in [-0.15, -0.1) is 0 Å². The van der Waals surface area contributed by atoms with Crippen LogP contribution < -0.4 is 5.32 Å². The third-order valence-corrected chi connectivity index (χ3v) is 2.44. The van der Waals surface area contributed by atoms with Gasteiger partial charge in [0.1, 0.15) is 5.82 Å². The molecule has 0 aliphatic rings. The highest BCUT2D eigenvalue weighted by atomic mass is 16.1. The fourth-order valence-electron chi connectivity index (χ4n) is 1.60. The van der Waals surface area contributed by atoms with Crippen molar-refractivity contribution in [1.82, 2.24) is 9.97 Å². The third kappa shape index (κ3) is 2.78. The number of hydrogen-bond acceptors (Lipinski definition) is 3. The monoisotopic (exact) mass is 229 g/mol. The second-order valence-electron chi connectivity index (χ2n) is 3.99. The average molecular weight is 229 g/mol. The van der Waals surface area contributed by atoms with Crippen molar-refractivity contribution in [3.8, 4) is 0 Å². The molecule has 0 atom stereocenters. The summed E-state index contributed by atoms with van der Waals surface area (Å²) in [5, 5.41) is 3.74. The van der Waals surface area contributed by atoms with Crippen molar-refractivity contribution in [2.45, 2.75) is 26.7 Å². The quantitative estimate of drug-likeness (QED) is 0.880. The van der Waals surface area contributed by atoms with Crippen molar-refractivity contribution in [2.24, 2.45) is 0 Å². The van der Waals surface area contributed by atoms with Crippen molar-refractivity contribution in [3.05, 3.63) is 30.0 Å². The Balaban J connectivity index is 2.27. The van der Waals surface area contributed by atoms with E-state index in [1.54, 1.807) is 6.07 Å². The van der Waals surface area contributed by atoms with Gasteiger partial charge < -0.3 is 5.32 Å². The van der Waals surface area contributed by atoms with Gasteiger partial charge in [-0.25, -0.2) is 9.97 Å².